The molecule has 1 aromatic rings. The maximum absolute atomic E-state index is 13.2. The van der Waals surface area contributed by atoms with Crippen LogP contribution in [0.1, 0.15) is 31.7 Å². The minimum atomic E-state index is -2.80. The first-order chi connectivity index (χ1) is 11.9. The quantitative estimate of drug-likeness (QED) is 0.814. The number of carbonyl (C=O) groups is 1. The molecule has 2 aliphatic rings. The van der Waals surface area contributed by atoms with E-state index < -0.39 is 24.9 Å². The fourth-order valence-corrected chi connectivity index (χ4v) is 3.51. The molecule has 0 radical (unpaired) electrons. The minimum Gasteiger partial charge on any atom is -0.325 e. The van der Waals surface area contributed by atoms with E-state index in [1.54, 1.807) is 6.07 Å². The van der Waals surface area contributed by atoms with E-state index >= 15 is 0 Å². The van der Waals surface area contributed by atoms with Gasteiger partial charge in [0.2, 0.25) is 5.91 Å². The van der Waals surface area contributed by atoms with Crippen molar-refractivity contribution in [2.45, 2.75) is 44.6 Å². The van der Waals surface area contributed by atoms with Crippen LogP contribution in [0.2, 0.25) is 0 Å². The van der Waals surface area contributed by atoms with E-state index in [1.807, 2.05) is 18.2 Å². The Morgan fingerprint density at radius 2 is 2.08 bits per heavy atom. The standard InChI is InChI=1S/C19H27F2N3O.ClH/c1-14-5-8-24(9-6-14)10-7-15-3-2-4-16(11-15)23-18(25)17-12-19(20,21)13-22-17;/h2-4,11,14,17,22H,5-10,12-13H2,1H3,(H,23,25);1H. The highest BCUT2D eigenvalue weighted by Crippen LogP contribution is 2.26. The van der Waals surface area contributed by atoms with Gasteiger partial charge in [0.1, 0.15) is 0 Å². The van der Waals surface area contributed by atoms with Crippen molar-refractivity contribution in [1.82, 2.24) is 10.2 Å². The lowest BCUT2D eigenvalue weighted by Crippen LogP contribution is -2.35. The molecule has 0 spiro atoms. The SMILES string of the molecule is CC1CCN(CCc2cccc(NC(=O)C3CC(F)(F)CN3)c2)CC1.Cl. The predicted octanol–water partition coefficient (Wildman–Crippen LogP) is 3.32. The van der Waals surface area contributed by atoms with Crippen LogP contribution in [-0.4, -0.2) is 49.0 Å². The smallest absolute Gasteiger partial charge is 0.262 e. The number of hydrogen-bond donors (Lipinski definition) is 2. The fourth-order valence-electron chi connectivity index (χ4n) is 3.51. The van der Waals surface area contributed by atoms with Crippen molar-refractivity contribution in [3.8, 4) is 0 Å². The van der Waals surface area contributed by atoms with Gasteiger partial charge in [-0.3, -0.25) is 10.1 Å². The molecule has 2 N–H and O–H groups in total. The zero-order chi connectivity index (χ0) is 17.9. The van der Waals surface area contributed by atoms with E-state index in [1.165, 1.54) is 12.8 Å². The van der Waals surface area contributed by atoms with E-state index in [0.29, 0.717) is 5.69 Å². The molecule has 4 nitrogen and oxygen atoms in total. The van der Waals surface area contributed by atoms with Crippen molar-refractivity contribution < 1.29 is 13.6 Å². The van der Waals surface area contributed by atoms with Gasteiger partial charge in [0.05, 0.1) is 12.6 Å². The predicted molar refractivity (Wildman–Crippen MR) is 102 cm³/mol. The molecule has 1 aromatic carbocycles. The summed E-state index contributed by atoms with van der Waals surface area (Å²) in [6.07, 6.45) is 3.01. The first-order valence-corrected chi connectivity index (χ1v) is 9.15. The average molecular weight is 388 g/mol. The topological polar surface area (TPSA) is 44.4 Å². The van der Waals surface area contributed by atoms with Crippen LogP contribution in [0.3, 0.4) is 0 Å². The zero-order valence-electron chi connectivity index (χ0n) is 15.1. The van der Waals surface area contributed by atoms with Crippen LogP contribution >= 0.6 is 12.4 Å². The molecule has 0 aliphatic carbocycles. The molecule has 2 aliphatic heterocycles. The summed E-state index contributed by atoms with van der Waals surface area (Å²) >= 11 is 0. The van der Waals surface area contributed by atoms with Gasteiger partial charge in [-0.25, -0.2) is 8.78 Å². The van der Waals surface area contributed by atoms with Crippen LogP contribution in [0.25, 0.3) is 0 Å². The van der Waals surface area contributed by atoms with Crippen LogP contribution < -0.4 is 10.6 Å². The fraction of sp³-hybridized carbons (Fsp3) is 0.632. The second kappa shape index (κ2) is 9.11. The molecule has 2 heterocycles. The maximum atomic E-state index is 13.2. The van der Waals surface area contributed by atoms with Gasteiger partial charge in [0, 0.05) is 18.7 Å². The number of benzene rings is 1. The monoisotopic (exact) mass is 387 g/mol. The van der Waals surface area contributed by atoms with E-state index in [2.05, 4.69) is 22.5 Å². The number of nitrogens with one attached hydrogen (secondary N) is 2. The van der Waals surface area contributed by atoms with Crippen molar-refractivity contribution in [3.63, 3.8) is 0 Å². The Kier molecular flexibility index (Phi) is 7.38. The summed E-state index contributed by atoms with van der Waals surface area (Å²) in [5.41, 5.74) is 1.83. The Labute approximate surface area is 160 Å². The maximum Gasteiger partial charge on any atom is 0.262 e. The Morgan fingerprint density at radius 3 is 2.73 bits per heavy atom. The summed E-state index contributed by atoms with van der Waals surface area (Å²) in [7, 11) is 0. The molecule has 2 fully saturated rings. The number of alkyl halides is 2. The number of hydrogen-bond acceptors (Lipinski definition) is 3. The minimum absolute atomic E-state index is 0. The molecule has 26 heavy (non-hydrogen) atoms. The Balaban J connectivity index is 0.00000243. The highest BCUT2D eigenvalue weighted by atomic mass is 35.5. The van der Waals surface area contributed by atoms with Gasteiger partial charge in [-0.1, -0.05) is 19.1 Å². The zero-order valence-corrected chi connectivity index (χ0v) is 16.0. The lowest BCUT2D eigenvalue weighted by Gasteiger charge is -2.30. The van der Waals surface area contributed by atoms with Crippen LogP contribution in [0.5, 0.6) is 0 Å². The van der Waals surface area contributed by atoms with Crippen molar-refractivity contribution in [2.24, 2.45) is 5.92 Å². The number of carbonyl (C=O) groups excluding carboxylic acids is 1. The Hall–Kier alpha value is -1.24. The van der Waals surface area contributed by atoms with Gasteiger partial charge in [0.15, 0.2) is 0 Å². The lowest BCUT2D eigenvalue weighted by atomic mass is 9.99. The molecule has 7 heteroatoms. The first kappa shape index (κ1) is 21.1. The summed E-state index contributed by atoms with van der Waals surface area (Å²) in [4.78, 5) is 14.6. The average Bonchev–Trinajstić information content (AvgIpc) is 2.95. The number of likely N-dealkylation sites (tertiary alicyclic amines) is 1. The number of piperidine rings is 1. The highest BCUT2D eigenvalue weighted by Gasteiger charge is 2.42. The third-order valence-corrected chi connectivity index (χ3v) is 5.21. The second-order valence-corrected chi connectivity index (χ2v) is 7.46. The van der Waals surface area contributed by atoms with Crippen LogP contribution in [0.4, 0.5) is 14.5 Å². The van der Waals surface area contributed by atoms with Gasteiger partial charge in [-0.05, 0) is 56.0 Å². The van der Waals surface area contributed by atoms with Gasteiger partial charge >= 0.3 is 0 Å². The van der Waals surface area contributed by atoms with Crippen LogP contribution in [-0.2, 0) is 11.2 Å². The molecular weight excluding hydrogens is 360 g/mol. The highest BCUT2D eigenvalue weighted by molar-refractivity contribution is 5.95. The number of rotatable bonds is 5. The molecule has 2 saturated heterocycles. The Bertz CT molecular complexity index is 606. The van der Waals surface area contributed by atoms with Gasteiger partial charge in [0.25, 0.3) is 5.92 Å². The third kappa shape index (κ3) is 5.89. The number of amides is 1. The van der Waals surface area contributed by atoms with Crippen molar-refractivity contribution in [2.75, 3.05) is 31.5 Å². The number of anilines is 1. The van der Waals surface area contributed by atoms with Crippen LogP contribution in [0.15, 0.2) is 24.3 Å². The van der Waals surface area contributed by atoms with E-state index in [9.17, 15) is 13.6 Å². The normalized spacial score (nSPS) is 23.4. The van der Waals surface area contributed by atoms with E-state index in [0.717, 1.165) is 37.5 Å². The molecule has 3 rings (SSSR count). The lowest BCUT2D eigenvalue weighted by molar-refractivity contribution is -0.118. The van der Waals surface area contributed by atoms with E-state index in [4.69, 9.17) is 0 Å². The molecule has 1 unspecified atom stereocenters. The largest absolute Gasteiger partial charge is 0.325 e. The van der Waals surface area contributed by atoms with Crippen molar-refractivity contribution in [3.05, 3.63) is 29.8 Å². The third-order valence-electron chi connectivity index (χ3n) is 5.21. The summed E-state index contributed by atoms with van der Waals surface area (Å²) in [6.45, 7) is 5.19. The van der Waals surface area contributed by atoms with Gasteiger partial charge in [-0.2, -0.15) is 0 Å². The van der Waals surface area contributed by atoms with Crippen molar-refractivity contribution >= 4 is 24.0 Å². The molecule has 0 bridgehead atoms. The summed E-state index contributed by atoms with van der Waals surface area (Å²) in [5, 5.41) is 5.34. The first-order valence-electron chi connectivity index (χ1n) is 9.15. The second-order valence-electron chi connectivity index (χ2n) is 7.46. The molecule has 1 amide bonds. The van der Waals surface area contributed by atoms with Gasteiger partial charge < -0.3 is 10.2 Å². The van der Waals surface area contributed by atoms with E-state index in [-0.39, 0.29) is 18.3 Å². The number of nitrogens with zero attached hydrogens (tertiary/aromatic N) is 1. The Morgan fingerprint density at radius 1 is 1.35 bits per heavy atom. The van der Waals surface area contributed by atoms with Crippen LogP contribution in [0, 0.1) is 5.92 Å². The summed E-state index contributed by atoms with van der Waals surface area (Å²) in [6, 6.07) is 6.87. The molecule has 0 saturated carbocycles. The molecule has 1 atom stereocenters. The molecule has 146 valence electrons. The van der Waals surface area contributed by atoms with Gasteiger partial charge in [-0.15, -0.1) is 12.4 Å². The molecular formula is C19H28ClF2N3O. The van der Waals surface area contributed by atoms with Crippen molar-refractivity contribution in [1.29, 1.82) is 0 Å². The number of halogens is 3. The summed E-state index contributed by atoms with van der Waals surface area (Å²) < 4.78 is 26.4. The summed E-state index contributed by atoms with van der Waals surface area (Å²) in [5.74, 6) is -2.36. The molecule has 0 aromatic heterocycles.